The number of hydrogen-bond acceptors (Lipinski definition) is 4. The minimum atomic E-state index is 0.701. The second-order valence-corrected chi connectivity index (χ2v) is 8.42. The van der Waals surface area contributed by atoms with Gasteiger partial charge in [0.05, 0.1) is 10.6 Å². The van der Waals surface area contributed by atoms with E-state index in [9.17, 15) is 4.79 Å². The second kappa shape index (κ2) is 14.6. The molecule has 0 aliphatic rings. The highest BCUT2D eigenvalue weighted by Gasteiger charge is 2.17. The van der Waals surface area contributed by atoms with Crippen LogP contribution in [0.5, 0.6) is 0 Å². The molecule has 0 heterocycles. The zero-order valence-electron chi connectivity index (χ0n) is 19.2. The van der Waals surface area contributed by atoms with Gasteiger partial charge < -0.3 is 0 Å². The standard InChI is InChI=1S/C25H40N2OS/c1-7-12-14-27(15-13-8-2)19-29-23(18-28)25(26-6)24-21(10-4)16-20(9-3)17-22(24)11-5/h16-18H,6-15,19H2,1-5H3/b25-23-. The molecule has 3 nitrogen and oxygen atoms in total. The summed E-state index contributed by atoms with van der Waals surface area (Å²) in [6.45, 7) is 17.0. The summed E-state index contributed by atoms with van der Waals surface area (Å²) in [5, 5.41) is 0. The van der Waals surface area contributed by atoms with Crippen molar-refractivity contribution < 1.29 is 4.79 Å². The molecule has 0 amide bonds. The molecule has 1 aromatic carbocycles. The Hall–Kier alpha value is -1.39. The van der Waals surface area contributed by atoms with Crippen molar-refractivity contribution in [1.82, 2.24) is 4.90 Å². The van der Waals surface area contributed by atoms with E-state index in [-0.39, 0.29) is 0 Å². The molecular weight excluding hydrogens is 376 g/mol. The lowest BCUT2D eigenvalue weighted by Gasteiger charge is -2.22. The van der Waals surface area contributed by atoms with Crippen LogP contribution in [0.25, 0.3) is 5.70 Å². The average Bonchev–Trinajstić information content (AvgIpc) is 2.76. The molecule has 0 aliphatic carbocycles. The molecule has 0 N–H and O–H groups in total. The van der Waals surface area contributed by atoms with Crippen LogP contribution >= 0.6 is 11.8 Å². The third-order valence-corrected chi connectivity index (χ3v) is 6.42. The number of aldehydes is 1. The van der Waals surface area contributed by atoms with Crippen LogP contribution in [0.15, 0.2) is 22.0 Å². The Bertz CT molecular complexity index is 648. The topological polar surface area (TPSA) is 32.7 Å². The highest BCUT2D eigenvalue weighted by molar-refractivity contribution is 8.04. The van der Waals surface area contributed by atoms with Gasteiger partial charge in [0.1, 0.15) is 0 Å². The van der Waals surface area contributed by atoms with Crippen molar-refractivity contribution in [1.29, 1.82) is 0 Å². The lowest BCUT2D eigenvalue weighted by Crippen LogP contribution is -2.25. The van der Waals surface area contributed by atoms with E-state index in [0.717, 1.165) is 55.8 Å². The summed E-state index contributed by atoms with van der Waals surface area (Å²) in [7, 11) is 0. The molecule has 0 aromatic heterocycles. The molecule has 0 unspecified atom stereocenters. The fourth-order valence-electron chi connectivity index (χ4n) is 3.51. The van der Waals surface area contributed by atoms with E-state index in [4.69, 9.17) is 0 Å². The van der Waals surface area contributed by atoms with Crippen molar-refractivity contribution in [2.75, 3.05) is 19.0 Å². The zero-order valence-corrected chi connectivity index (χ0v) is 20.0. The molecule has 0 fully saturated rings. The van der Waals surface area contributed by atoms with Crippen LogP contribution in [-0.4, -0.2) is 36.9 Å². The number of nitrogens with zero attached hydrogens (tertiary/aromatic N) is 2. The van der Waals surface area contributed by atoms with Crippen molar-refractivity contribution in [3.05, 3.63) is 39.3 Å². The fourth-order valence-corrected chi connectivity index (χ4v) is 4.46. The van der Waals surface area contributed by atoms with Crippen LogP contribution in [-0.2, 0) is 24.1 Å². The number of carbonyl (C=O) groups excluding carboxylic acids is 1. The monoisotopic (exact) mass is 416 g/mol. The van der Waals surface area contributed by atoms with E-state index in [0.29, 0.717) is 4.91 Å². The van der Waals surface area contributed by atoms with Gasteiger partial charge in [-0.3, -0.25) is 14.7 Å². The first-order valence-electron chi connectivity index (χ1n) is 11.3. The van der Waals surface area contributed by atoms with Gasteiger partial charge in [-0.25, -0.2) is 0 Å². The zero-order chi connectivity index (χ0) is 21.6. The first-order chi connectivity index (χ1) is 14.1. The second-order valence-electron chi connectivity index (χ2n) is 7.44. The summed E-state index contributed by atoms with van der Waals surface area (Å²) in [6, 6.07) is 4.53. The van der Waals surface area contributed by atoms with Gasteiger partial charge in [-0.2, -0.15) is 0 Å². The number of hydrogen-bond donors (Lipinski definition) is 0. The summed E-state index contributed by atoms with van der Waals surface area (Å²) in [4.78, 5) is 19.6. The van der Waals surface area contributed by atoms with Gasteiger partial charge >= 0.3 is 0 Å². The first-order valence-corrected chi connectivity index (χ1v) is 12.2. The van der Waals surface area contributed by atoms with Crippen LogP contribution in [0.2, 0.25) is 0 Å². The van der Waals surface area contributed by atoms with Gasteiger partial charge in [-0.15, -0.1) is 11.8 Å². The number of thioether (sulfide) groups is 1. The predicted molar refractivity (Wildman–Crippen MR) is 131 cm³/mol. The Kier molecular flexibility index (Phi) is 12.9. The first kappa shape index (κ1) is 25.6. The quantitative estimate of drug-likeness (QED) is 0.141. The number of benzene rings is 1. The van der Waals surface area contributed by atoms with Crippen LogP contribution < -0.4 is 0 Å². The molecular formula is C25H40N2OS. The Morgan fingerprint density at radius 2 is 1.55 bits per heavy atom. The summed E-state index contributed by atoms with van der Waals surface area (Å²) >= 11 is 1.61. The lowest BCUT2D eigenvalue weighted by molar-refractivity contribution is -0.104. The molecule has 162 valence electrons. The van der Waals surface area contributed by atoms with E-state index in [1.807, 2.05) is 0 Å². The predicted octanol–water partition coefficient (Wildman–Crippen LogP) is 6.53. The fraction of sp³-hybridized carbons (Fsp3) is 0.600. The van der Waals surface area contributed by atoms with Gasteiger partial charge in [0.25, 0.3) is 0 Å². The minimum absolute atomic E-state index is 0.701. The number of unbranched alkanes of at least 4 members (excludes halogenated alkanes) is 2. The smallest absolute Gasteiger partial charge is 0.158 e. The number of allylic oxidation sites excluding steroid dienone is 1. The molecule has 0 bridgehead atoms. The van der Waals surface area contributed by atoms with Crippen LogP contribution in [0, 0.1) is 0 Å². The van der Waals surface area contributed by atoms with Crippen LogP contribution in [0.3, 0.4) is 0 Å². The van der Waals surface area contributed by atoms with Gasteiger partial charge in [-0.1, -0.05) is 59.6 Å². The minimum Gasteiger partial charge on any atom is -0.297 e. The Labute approximate surface area is 183 Å². The SMILES string of the molecule is C=N/C(=C(/C=O)SCN(CCCC)CCCC)c1c(CC)cc(CC)cc1CC. The third-order valence-electron chi connectivity index (χ3n) is 5.33. The van der Waals surface area contributed by atoms with E-state index >= 15 is 0 Å². The van der Waals surface area contributed by atoms with E-state index in [1.165, 1.54) is 42.4 Å². The Morgan fingerprint density at radius 1 is 1.00 bits per heavy atom. The van der Waals surface area contributed by atoms with Crippen LogP contribution in [0.1, 0.15) is 82.6 Å². The lowest BCUT2D eigenvalue weighted by atomic mass is 9.91. The maximum atomic E-state index is 12.1. The maximum Gasteiger partial charge on any atom is 0.158 e. The van der Waals surface area contributed by atoms with Crippen molar-refractivity contribution in [3.63, 3.8) is 0 Å². The van der Waals surface area contributed by atoms with Gasteiger partial charge in [0.15, 0.2) is 6.29 Å². The molecule has 0 spiro atoms. The molecule has 0 radical (unpaired) electrons. The maximum absolute atomic E-state index is 12.1. The molecule has 1 rings (SSSR count). The van der Waals surface area contributed by atoms with Crippen LogP contribution in [0.4, 0.5) is 0 Å². The van der Waals surface area contributed by atoms with E-state index in [2.05, 4.69) is 63.4 Å². The Balaban J connectivity index is 3.27. The van der Waals surface area contributed by atoms with Crippen molar-refractivity contribution in [3.8, 4) is 0 Å². The normalized spacial score (nSPS) is 12.2. The average molecular weight is 417 g/mol. The summed E-state index contributed by atoms with van der Waals surface area (Å²) in [5.41, 5.74) is 5.74. The van der Waals surface area contributed by atoms with Gasteiger partial charge in [-0.05, 0) is 68.6 Å². The van der Waals surface area contributed by atoms with Gasteiger partial charge in [0, 0.05) is 11.4 Å². The summed E-state index contributed by atoms with van der Waals surface area (Å²) in [5.74, 6) is 0.822. The third kappa shape index (κ3) is 7.75. The molecule has 29 heavy (non-hydrogen) atoms. The van der Waals surface area contributed by atoms with E-state index < -0.39 is 0 Å². The van der Waals surface area contributed by atoms with E-state index in [1.54, 1.807) is 11.8 Å². The highest BCUT2D eigenvalue weighted by atomic mass is 32.2. The van der Waals surface area contributed by atoms with Gasteiger partial charge in [0.2, 0.25) is 0 Å². The number of carbonyl (C=O) groups is 1. The number of aliphatic imine (C=N–C) groups is 1. The Morgan fingerprint density at radius 3 is 1.93 bits per heavy atom. The molecule has 0 aliphatic heterocycles. The number of aryl methyl sites for hydroxylation is 3. The molecule has 1 aromatic rings. The summed E-state index contributed by atoms with van der Waals surface area (Å²) < 4.78 is 0. The van der Waals surface area contributed by atoms with Crippen molar-refractivity contribution in [2.45, 2.75) is 79.6 Å². The summed E-state index contributed by atoms with van der Waals surface area (Å²) in [6.07, 6.45) is 8.58. The molecule has 0 atom stereocenters. The largest absolute Gasteiger partial charge is 0.297 e. The number of rotatable bonds is 15. The van der Waals surface area contributed by atoms with Crippen molar-refractivity contribution in [2.24, 2.45) is 4.99 Å². The molecule has 0 saturated carbocycles. The van der Waals surface area contributed by atoms with Crippen molar-refractivity contribution >= 4 is 30.5 Å². The molecule has 4 heteroatoms. The molecule has 0 saturated heterocycles. The highest BCUT2D eigenvalue weighted by Crippen LogP contribution is 2.33.